The molecule has 0 aliphatic rings. The number of hydrogen-bond donors (Lipinski definition) is 9. The Labute approximate surface area is 797 Å². The largest absolute Gasteiger partial charge is 1.00 e. The maximum atomic E-state index is 12.5. The van der Waals surface area contributed by atoms with Gasteiger partial charge in [-0.3, -0.25) is 34.5 Å². The maximum Gasteiger partial charge on any atom is 1.00 e. The Balaban J connectivity index is 0.000000183. The van der Waals surface area contributed by atoms with E-state index in [0.717, 1.165) is 95.8 Å². The number of aromatic nitrogens is 12. The second-order valence-electron chi connectivity index (χ2n) is 24.5. The Hall–Kier alpha value is -7.27. The molecule has 0 aliphatic heterocycles. The standard InChI is InChI=1S/3C25H21N6O5PS.3K/c3*32-37(33,34)31-38(35,36)20-13-18(14-26-16-20)24-29-22-11-6-10-21(17-7-2-1-3-8-17)23(22)25(30-24)28-15-19-9-4-5-12-27-19;;;/h3*1-14,16H,15H2,(H,28,29,30)(H3,31,32,33,34);;;/q;;;3*+1/p-3. The minimum absolute atomic E-state index is 0. The fourth-order valence-corrected chi connectivity index (χ4v) is 18.0. The molecular weight excluding hydrogens is 1700 g/mol. The first kappa shape index (κ1) is 92.0. The number of benzene rings is 6. The zero-order chi connectivity index (χ0) is 80.3. The van der Waals surface area contributed by atoms with Crippen LogP contribution >= 0.6 is 23.2 Å². The Morgan fingerprint density at radius 1 is 0.325 bits per heavy atom. The third kappa shape index (κ3) is 24.7. The summed E-state index contributed by atoms with van der Waals surface area (Å²) >= 11 is 0. The summed E-state index contributed by atoms with van der Waals surface area (Å²) in [6.45, 7) is 1.09. The second-order valence-corrected chi connectivity index (χ2v) is 34.2. The first-order valence-electron chi connectivity index (χ1n) is 33.7. The van der Waals surface area contributed by atoms with Gasteiger partial charge in [-0.05, 0) is 106 Å². The van der Waals surface area contributed by atoms with Crippen molar-refractivity contribution in [3.63, 3.8) is 0 Å². The van der Waals surface area contributed by atoms with Gasteiger partial charge >= 0.3 is 162 Å². The summed E-state index contributed by atoms with van der Waals surface area (Å²) in [5, 5.41) is 12.2. The monoisotopic (exact) mass is 1760 g/mol. The van der Waals surface area contributed by atoms with Crippen LogP contribution in [0.5, 0.6) is 0 Å². The SMILES string of the molecule is O=P(O)(O)NS(=O)(=O)c1cncc(-c2nc(NCc3ccccn3)c3c(-c4ccccc4)cccc3n2)c1.O=P([O-])(O)NS(=O)(=O)c1cncc(-c2nc(NCc3ccccn3)c3c(-c4ccccc4)cccc3n2)c1.O=P([O-])([O-])NS(=O)(=O)c1cncc(-c2nc(NCc3ccccn3)c3c(-c4ccccc4)cccc3n2)c1.[K+].[K+].[K+]. The molecule has 6 aromatic carbocycles. The van der Waals surface area contributed by atoms with E-state index in [1.807, 2.05) is 194 Å². The molecule has 9 N–H and O–H groups in total. The first-order valence-corrected chi connectivity index (χ1v) is 42.9. The fraction of sp³-hybridized carbons (Fsp3) is 0.0400. The Morgan fingerprint density at radius 3 is 0.889 bits per heavy atom. The molecule has 9 aromatic heterocycles. The molecule has 1 unspecified atom stereocenters. The van der Waals surface area contributed by atoms with Gasteiger partial charge in [-0.25, -0.2) is 59.7 Å². The van der Waals surface area contributed by atoms with E-state index in [1.165, 1.54) is 39.7 Å². The van der Waals surface area contributed by atoms with Crippen molar-refractivity contribution in [2.24, 2.45) is 0 Å². The molecule has 117 heavy (non-hydrogen) atoms. The van der Waals surface area contributed by atoms with Gasteiger partial charge in [0.25, 0.3) is 10.0 Å². The van der Waals surface area contributed by atoms with Crippen LogP contribution in [-0.2, 0) is 63.4 Å². The van der Waals surface area contributed by atoms with E-state index in [0.29, 0.717) is 53.6 Å². The van der Waals surface area contributed by atoms with Crippen molar-refractivity contribution in [3.05, 3.63) is 291 Å². The molecule has 0 saturated carbocycles. The van der Waals surface area contributed by atoms with Crippen molar-refractivity contribution >= 4 is 103 Å². The van der Waals surface area contributed by atoms with Gasteiger partial charge in [-0.2, -0.15) is 4.49 Å². The molecule has 0 spiro atoms. The van der Waals surface area contributed by atoms with Gasteiger partial charge in [0, 0.05) is 80.2 Å². The van der Waals surface area contributed by atoms with Crippen LogP contribution in [0.4, 0.5) is 17.5 Å². The molecule has 0 fully saturated rings. The predicted octanol–water partition coefficient (Wildman–Crippen LogP) is 0.327. The van der Waals surface area contributed by atoms with Gasteiger partial charge in [0.15, 0.2) is 17.5 Å². The van der Waals surface area contributed by atoms with E-state index in [1.54, 1.807) is 24.7 Å². The van der Waals surface area contributed by atoms with Gasteiger partial charge in [0.1, 0.15) is 32.1 Å². The fourth-order valence-electron chi connectivity index (χ4n) is 11.6. The van der Waals surface area contributed by atoms with Crippen LogP contribution in [0.25, 0.3) is 100 Å². The van der Waals surface area contributed by atoms with Crippen molar-refractivity contribution in [1.29, 1.82) is 0 Å². The minimum Gasteiger partial charge on any atom is -0.799 e. The van der Waals surface area contributed by atoms with E-state index in [4.69, 9.17) is 24.6 Å². The Bertz CT molecular complexity index is 5950. The smallest absolute Gasteiger partial charge is 0.799 e. The quantitative estimate of drug-likeness (QED) is 0.0291. The molecule has 33 nitrogen and oxygen atoms in total. The van der Waals surface area contributed by atoms with E-state index < -0.39 is 68.0 Å². The van der Waals surface area contributed by atoms with Crippen LogP contribution in [0.2, 0.25) is 0 Å². The van der Waals surface area contributed by atoms with E-state index in [2.05, 4.69) is 65.8 Å². The van der Waals surface area contributed by atoms with Crippen LogP contribution in [-0.4, -0.2) is 99.7 Å². The molecule has 1 atom stereocenters. The molecule has 15 aromatic rings. The summed E-state index contributed by atoms with van der Waals surface area (Å²) in [6, 6.07) is 66.4. The summed E-state index contributed by atoms with van der Waals surface area (Å²) in [5.74, 6) is 1.93. The first-order chi connectivity index (χ1) is 54.6. The normalized spacial score (nSPS) is 12.1. The van der Waals surface area contributed by atoms with Crippen LogP contribution in [0, 0.1) is 0 Å². The van der Waals surface area contributed by atoms with Crippen LogP contribution < -0.4 is 198 Å². The van der Waals surface area contributed by atoms with Crippen LogP contribution in [0.1, 0.15) is 17.1 Å². The third-order valence-electron chi connectivity index (χ3n) is 16.5. The van der Waals surface area contributed by atoms with Gasteiger partial charge < -0.3 is 49.9 Å². The number of hydrogen-bond acceptors (Lipinski definition) is 27. The number of fused-ring (bicyclic) bond motifs is 3. The molecule has 0 aliphatic carbocycles. The third-order valence-corrected chi connectivity index (χ3v) is 24.6. The molecule has 0 amide bonds. The summed E-state index contributed by atoms with van der Waals surface area (Å²) in [7, 11) is -29.8. The molecule has 0 radical (unpaired) electrons. The molecule has 42 heteroatoms. The van der Waals surface area contributed by atoms with Gasteiger partial charge in [-0.1, -0.05) is 146 Å². The topological polar surface area (TPSA) is 510 Å². The summed E-state index contributed by atoms with van der Waals surface area (Å²) in [6.07, 6.45) is 12.0. The second kappa shape index (κ2) is 40.9. The van der Waals surface area contributed by atoms with Crippen molar-refractivity contribution in [3.8, 4) is 67.5 Å². The van der Waals surface area contributed by atoms with Crippen LogP contribution in [0.3, 0.4) is 0 Å². The zero-order valence-electron chi connectivity index (χ0n) is 61.8. The van der Waals surface area contributed by atoms with E-state index in [9.17, 15) is 53.6 Å². The average molecular weight is 1760 g/mol. The van der Waals surface area contributed by atoms with E-state index in [-0.39, 0.29) is 188 Å². The van der Waals surface area contributed by atoms with Crippen molar-refractivity contribution in [2.75, 3.05) is 16.0 Å². The van der Waals surface area contributed by atoms with E-state index >= 15 is 0 Å². The Kier molecular flexibility index (Phi) is 32.1. The molecule has 576 valence electrons. The molecular formula is C75H60K3N18O15P3S3. The minimum atomic E-state index is -5.57. The number of nitrogens with zero attached hydrogens (tertiary/aromatic N) is 12. The average Bonchev–Trinajstić information content (AvgIpc) is 0.773. The molecule has 9 heterocycles. The van der Waals surface area contributed by atoms with Crippen molar-refractivity contribution in [2.45, 2.75) is 34.3 Å². The summed E-state index contributed by atoms with van der Waals surface area (Å²) < 4.78 is 112. The van der Waals surface area contributed by atoms with Crippen LogP contribution in [0.15, 0.2) is 289 Å². The van der Waals surface area contributed by atoms with Crippen molar-refractivity contribution < 1.29 is 222 Å². The summed E-state index contributed by atoms with van der Waals surface area (Å²) in [5.41, 5.74) is 10.3. The number of pyridine rings is 6. The van der Waals surface area contributed by atoms with Gasteiger partial charge in [-0.15, -0.1) is 8.99 Å². The molecule has 0 saturated heterocycles. The summed E-state index contributed by atoms with van der Waals surface area (Å²) in [4.78, 5) is 112. The molecule has 0 bridgehead atoms. The maximum absolute atomic E-state index is 12.5. The Morgan fingerprint density at radius 2 is 0.615 bits per heavy atom. The number of sulfonamides is 3. The molecule has 15 rings (SSSR count). The van der Waals surface area contributed by atoms with Crippen molar-refractivity contribution in [1.82, 2.24) is 73.3 Å². The predicted molar refractivity (Wildman–Crippen MR) is 420 cm³/mol. The van der Waals surface area contributed by atoms with Gasteiger partial charge in [0.2, 0.25) is 27.8 Å². The zero-order valence-corrected chi connectivity index (χ0v) is 76.3. The number of nitrogens with one attached hydrogen (secondary N) is 6. The number of rotatable bonds is 24. The van der Waals surface area contributed by atoms with Gasteiger partial charge in [0.05, 0.1) is 69.4 Å². The number of anilines is 3.